The lowest BCUT2D eigenvalue weighted by atomic mass is 9.76. The molecule has 0 aliphatic carbocycles. The van der Waals surface area contributed by atoms with E-state index in [4.69, 9.17) is 22.1 Å². The molecular weight excluding hydrogens is 543 g/mol. The van der Waals surface area contributed by atoms with Crippen LogP contribution >= 0.6 is 27.5 Å². The number of benzene rings is 1. The average molecular weight is 565 g/mol. The van der Waals surface area contributed by atoms with Gasteiger partial charge >= 0.3 is 12.1 Å². The van der Waals surface area contributed by atoms with Gasteiger partial charge in [-0.05, 0) is 42.9 Å². The van der Waals surface area contributed by atoms with Gasteiger partial charge in [0.25, 0.3) is 0 Å². The van der Waals surface area contributed by atoms with Crippen LogP contribution < -0.4 is 20.7 Å². The summed E-state index contributed by atoms with van der Waals surface area (Å²) in [5, 5.41) is 12.4. The Morgan fingerprint density at radius 3 is 2.65 bits per heavy atom. The molecule has 34 heavy (non-hydrogen) atoms. The molecule has 1 aromatic heterocycles. The normalized spacial score (nSPS) is 21.0. The van der Waals surface area contributed by atoms with E-state index in [0.717, 1.165) is 0 Å². The molecule has 2 fully saturated rings. The number of hydrogen-bond donors (Lipinski definition) is 3. The summed E-state index contributed by atoms with van der Waals surface area (Å²) >= 11 is 9.04. The highest BCUT2D eigenvalue weighted by Gasteiger charge is 2.45. The van der Waals surface area contributed by atoms with Gasteiger partial charge in [0.05, 0.1) is 0 Å². The first-order chi connectivity index (χ1) is 16.0. The number of anilines is 2. The maximum Gasteiger partial charge on any atom is 0.429 e. The van der Waals surface area contributed by atoms with E-state index in [1.807, 2.05) is 4.90 Å². The molecule has 13 heteroatoms. The van der Waals surface area contributed by atoms with Crippen LogP contribution in [0.5, 0.6) is 5.88 Å². The van der Waals surface area contributed by atoms with Gasteiger partial charge in [-0.1, -0.05) is 27.5 Å². The highest BCUT2D eigenvalue weighted by molar-refractivity contribution is 9.10. The smallest absolute Gasteiger partial charge is 0.429 e. The number of nitrogens with two attached hydrogens (primary N) is 1. The molecule has 8 nitrogen and oxygen atoms in total. The van der Waals surface area contributed by atoms with Crippen molar-refractivity contribution >= 4 is 45.3 Å². The zero-order chi connectivity index (χ0) is 24.7. The van der Waals surface area contributed by atoms with Crippen LogP contribution in [-0.2, 0) is 4.79 Å². The number of carboxylic acid groups (broad SMARTS) is 1. The lowest BCUT2D eigenvalue weighted by Crippen LogP contribution is -2.41. The van der Waals surface area contributed by atoms with Gasteiger partial charge in [0.2, 0.25) is 17.9 Å². The fourth-order valence-electron chi connectivity index (χ4n) is 4.48. The molecule has 1 spiro atoms. The number of alkyl halides is 3. The van der Waals surface area contributed by atoms with Crippen molar-refractivity contribution in [1.29, 1.82) is 0 Å². The molecule has 0 saturated carbocycles. The summed E-state index contributed by atoms with van der Waals surface area (Å²) in [5.74, 6) is -1.04. The fraction of sp³-hybridized carbons (Fsp3) is 0.476. The molecule has 184 valence electrons. The Bertz CT molecular complexity index is 1080. The topological polar surface area (TPSA) is 114 Å². The van der Waals surface area contributed by atoms with Gasteiger partial charge in [0.1, 0.15) is 11.9 Å². The van der Waals surface area contributed by atoms with Crippen molar-refractivity contribution in [1.82, 2.24) is 15.3 Å². The van der Waals surface area contributed by atoms with Gasteiger partial charge in [-0.3, -0.25) is 4.79 Å². The largest absolute Gasteiger partial charge is 0.480 e. The third-order valence-corrected chi connectivity index (χ3v) is 7.25. The van der Waals surface area contributed by atoms with Crippen molar-refractivity contribution in [2.45, 2.75) is 37.6 Å². The molecule has 4 N–H and O–H groups in total. The number of aliphatic carboxylic acids is 1. The number of halogens is 5. The highest BCUT2D eigenvalue weighted by Crippen LogP contribution is 2.42. The number of rotatable bonds is 5. The molecule has 3 heterocycles. The summed E-state index contributed by atoms with van der Waals surface area (Å²) < 4.78 is 47.2. The van der Waals surface area contributed by atoms with Crippen LogP contribution in [0.2, 0.25) is 5.02 Å². The van der Waals surface area contributed by atoms with E-state index >= 15 is 0 Å². The van der Waals surface area contributed by atoms with E-state index < -0.39 is 24.3 Å². The van der Waals surface area contributed by atoms with Crippen molar-refractivity contribution < 1.29 is 27.8 Å². The second kappa shape index (κ2) is 9.38. The van der Waals surface area contributed by atoms with Crippen LogP contribution in [0.3, 0.4) is 0 Å². The van der Waals surface area contributed by atoms with Gasteiger partial charge in [-0.2, -0.15) is 23.1 Å². The van der Waals surface area contributed by atoms with Crippen molar-refractivity contribution in [2.24, 2.45) is 5.41 Å². The second-order valence-electron chi connectivity index (χ2n) is 8.59. The first-order valence-corrected chi connectivity index (χ1v) is 11.7. The highest BCUT2D eigenvalue weighted by atomic mass is 79.9. The average Bonchev–Trinajstić information content (AvgIpc) is 3.17. The molecule has 2 saturated heterocycles. The molecule has 2 atom stereocenters. The first-order valence-electron chi connectivity index (χ1n) is 10.5. The Morgan fingerprint density at radius 1 is 1.32 bits per heavy atom. The number of hydrogen-bond acceptors (Lipinski definition) is 7. The fourth-order valence-corrected chi connectivity index (χ4v) is 5.11. The number of nitrogens with zero attached hydrogens (tertiary/aromatic N) is 3. The summed E-state index contributed by atoms with van der Waals surface area (Å²) in [6.07, 6.45) is -5.11. The van der Waals surface area contributed by atoms with Crippen molar-refractivity contribution in [3.8, 4) is 5.88 Å². The Hall–Kier alpha value is -2.31. The Balaban J connectivity index is 1.53. The number of nitrogen functional groups attached to an aromatic ring is 1. The van der Waals surface area contributed by atoms with E-state index in [1.165, 1.54) is 24.3 Å². The Morgan fingerprint density at radius 2 is 2.03 bits per heavy atom. The predicted octanol–water partition coefficient (Wildman–Crippen LogP) is 4.19. The number of carbonyl (C=O) groups is 1. The molecule has 1 aromatic carbocycles. The van der Waals surface area contributed by atoms with E-state index in [2.05, 4.69) is 31.2 Å². The summed E-state index contributed by atoms with van der Waals surface area (Å²) in [5.41, 5.74) is 5.47. The third kappa shape index (κ3) is 5.33. The number of carboxylic acids is 1. The van der Waals surface area contributed by atoms with E-state index in [9.17, 15) is 23.1 Å². The minimum atomic E-state index is -4.75. The van der Waals surface area contributed by atoms with Crippen molar-refractivity contribution in [2.75, 3.05) is 30.3 Å². The summed E-state index contributed by atoms with van der Waals surface area (Å²) in [6, 6.07) is 4.82. The van der Waals surface area contributed by atoms with Crippen LogP contribution in [0, 0.1) is 5.41 Å². The summed E-state index contributed by atoms with van der Waals surface area (Å²) in [7, 11) is 0. The third-order valence-electron chi connectivity index (χ3n) is 6.29. The zero-order valence-corrected chi connectivity index (χ0v) is 20.1. The van der Waals surface area contributed by atoms with Crippen molar-refractivity contribution in [3.05, 3.63) is 39.3 Å². The molecular formula is C21H22BrClF3N5O3. The monoisotopic (exact) mass is 563 g/mol. The molecule has 2 aliphatic rings. The SMILES string of the molecule is Nc1nc(O[C@H](c2cc(Cl)ccc2Br)C(F)(F)F)cc(N2CCC3(CC2)CNC(C(=O)O)C3)n1. The molecule has 2 aromatic rings. The Kier molecular flexibility index (Phi) is 6.85. The van der Waals surface area contributed by atoms with Crippen LogP contribution in [0.1, 0.15) is 30.9 Å². The van der Waals surface area contributed by atoms with Gasteiger partial charge in [0, 0.05) is 40.8 Å². The molecule has 1 unspecified atom stereocenters. The minimum Gasteiger partial charge on any atom is -0.480 e. The maximum atomic E-state index is 13.9. The quantitative estimate of drug-likeness (QED) is 0.496. The number of aromatic nitrogens is 2. The summed E-state index contributed by atoms with van der Waals surface area (Å²) in [4.78, 5) is 21.2. The first kappa shape index (κ1) is 24.8. The lowest BCUT2D eigenvalue weighted by Gasteiger charge is -2.39. The molecule has 0 radical (unpaired) electrons. The number of ether oxygens (including phenoxy) is 1. The van der Waals surface area contributed by atoms with Gasteiger partial charge in [-0.25, -0.2) is 0 Å². The molecule has 0 bridgehead atoms. The van der Waals surface area contributed by atoms with Gasteiger partial charge in [0.15, 0.2) is 0 Å². The molecule has 0 amide bonds. The Labute approximate surface area is 206 Å². The second-order valence-corrected chi connectivity index (χ2v) is 9.88. The van der Waals surface area contributed by atoms with Gasteiger partial charge in [-0.15, -0.1) is 0 Å². The zero-order valence-electron chi connectivity index (χ0n) is 17.8. The predicted molar refractivity (Wildman–Crippen MR) is 123 cm³/mol. The van der Waals surface area contributed by atoms with E-state index in [1.54, 1.807) is 0 Å². The van der Waals surface area contributed by atoms with Crippen LogP contribution in [0.25, 0.3) is 0 Å². The maximum absolute atomic E-state index is 13.9. The van der Waals surface area contributed by atoms with E-state index in [-0.39, 0.29) is 32.3 Å². The molecule has 4 rings (SSSR count). The summed E-state index contributed by atoms with van der Waals surface area (Å²) in [6.45, 7) is 1.71. The van der Waals surface area contributed by atoms with Crippen LogP contribution in [0.4, 0.5) is 24.9 Å². The van der Waals surface area contributed by atoms with Crippen LogP contribution in [0.15, 0.2) is 28.7 Å². The molecule has 2 aliphatic heterocycles. The van der Waals surface area contributed by atoms with Gasteiger partial charge < -0.3 is 25.8 Å². The van der Waals surface area contributed by atoms with E-state index in [0.29, 0.717) is 44.7 Å². The standard InChI is InChI=1S/C21H22BrClF3N5O3/c22-13-2-1-11(23)7-12(13)17(21(24,25)26)34-16-8-15(29-19(27)30-16)31-5-3-20(4-6-31)9-14(18(32)33)28-10-20/h1-2,7-8,14,17,28H,3-6,9-10H2,(H,32,33)(H2,27,29,30)/t14?,17-/m1/s1. The van der Waals surface area contributed by atoms with Crippen LogP contribution in [-0.4, -0.2) is 52.9 Å². The number of nitrogens with one attached hydrogen (secondary N) is 1. The number of piperidine rings is 1. The lowest BCUT2D eigenvalue weighted by molar-refractivity contribution is -0.198. The van der Waals surface area contributed by atoms with Crippen molar-refractivity contribution in [3.63, 3.8) is 0 Å². The minimum absolute atomic E-state index is 0.127.